The number of nitrogens with one attached hydrogen (secondary N) is 1. The van der Waals surface area contributed by atoms with Crippen LogP contribution in [0.15, 0.2) is 72.8 Å². The number of ether oxygens (including phenoxy) is 2. The molecular weight excluding hydrogens is 360 g/mol. The number of nitrogens with zero attached hydrogens (tertiary/aromatic N) is 1. The van der Waals surface area contributed by atoms with Crippen LogP contribution in [0.2, 0.25) is 0 Å². The molecule has 3 aliphatic rings. The molecule has 0 amide bonds. The normalized spacial score (nSPS) is 26.5. The lowest BCUT2D eigenvalue weighted by molar-refractivity contribution is -0.0344. The van der Waals surface area contributed by atoms with Crippen LogP contribution in [0.1, 0.15) is 23.1 Å². The van der Waals surface area contributed by atoms with Crippen LogP contribution >= 0.6 is 0 Å². The van der Waals surface area contributed by atoms with Crippen molar-refractivity contribution in [1.82, 2.24) is 4.90 Å². The van der Waals surface area contributed by atoms with Crippen LogP contribution in [0.5, 0.6) is 11.5 Å². The van der Waals surface area contributed by atoms with Gasteiger partial charge in [0.15, 0.2) is 5.60 Å². The van der Waals surface area contributed by atoms with Gasteiger partial charge in [0.1, 0.15) is 17.0 Å². The summed E-state index contributed by atoms with van der Waals surface area (Å²) in [5.74, 6) is 1.77. The molecule has 0 spiro atoms. The van der Waals surface area contributed by atoms with Gasteiger partial charge in [0, 0.05) is 48.9 Å². The lowest BCUT2D eigenvalue weighted by atomic mass is 9.71. The summed E-state index contributed by atoms with van der Waals surface area (Å²) in [5, 5.41) is 3.90. The number of benzene rings is 3. The highest BCUT2D eigenvalue weighted by molar-refractivity contribution is 5.70. The Kier molecular flexibility index (Phi) is 3.51. The third kappa shape index (κ3) is 2.24. The smallest absolute Gasteiger partial charge is 0.166 e. The fraction of sp³-hybridized carbons (Fsp3) is 0.280. The highest BCUT2D eigenvalue weighted by atomic mass is 16.5. The number of anilines is 1. The fourth-order valence-electron chi connectivity index (χ4n) is 5.54. The zero-order chi connectivity index (χ0) is 19.5. The molecule has 3 aliphatic heterocycles. The molecular formula is C25H24N2O2. The number of piperidine rings is 1. The van der Waals surface area contributed by atoms with E-state index in [1.807, 2.05) is 12.1 Å². The van der Waals surface area contributed by atoms with E-state index in [1.165, 1.54) is 22.4 Å². The van der Waals surface area contributed by atoms with Crippen LogP contribution in [0.25, 0.3) is 0 Å². The molecule has 4 heteroatoms. The minimum atomic E-state index is -0.370. The van der Waals surface area contributed by atoms with Gasteiger partial charge in [0.25, 0.3) is 0 Å². The molecule has 4 nitrogen and oxygen atoms in total. The van der Waals surface area contributed by atoms with Crippen molar-refractivity contribution in [2.75, 3.05) is 25.5 Å². The summed E-state index contributed by atoms with van der Waals surface area (Å²) >= 11 is 0. The SMILES string of the molecule is COc1ccc2c(c1)O[C@]13CCN(Cc4ccccc4)C[C@]21Nc1ccccc13. The lowest BCUT2D eigenvalue weighted by Gasteiger charge is -2.47. The van der Waals surface area contributed by atoms with Crippen LogP contribution in [0.4, 0.5) is 5.69 Å². The van der Waals surface area contributed by atoms with E-state index in [0.29, 0.717) is 0 Å². The predicted molar refractivity (Wildman–Crippen MR) is 113 cm³/mol. The molecule has 1 N–H and O–H groups in total. The maximum atomic E-state index is 6.81. The van der Waals surface area contributed by atoms with E-state index < -0.39 is 0 Å². The first-order chi connectivity index (χ1) is 14.2. The van der Waals surface area contributed by atoms with Crippen molar-refractivity contribution in [3.05, 3.63) is 89.5 Å². The number of hydrogen-bond donors (Lipinski definition) is 1. The molecule has 0 aliphatic carbocycles. The van der Waals surface area contributed by atoms with Gasteiger partial charge in [-0.2, -0.15) is 0 Å². The Morgan fingerprint density at radius 2 is 1.83 bits per heavy atom. The average molecular weight is 384 g/mol. The van der Waals surface area contributed by atoms with E-state index in [9.17, 15) is 0 Å². The molecule has 0 unspecified atom stereocenters. The highest BCUT2D eigenvalue weighted by Crippen LogP contribution is 2.63. The van der Waals surface area contributed by atoms with E-state index >= 15 is 0 Å². The molecule has 3 aromatic carbocycles. The van der Waals surface area contributed by atoms with Gasteiger partial charge in [-0.25, -0.2) is 0 Å². The summed E-state index contributed by atoms with van der Waals surface area (Å²) in [4.78, 5) is 2.55. The van der Waals surface area contributed by atoms with Gasteiger partial charge >= 0.3 is 0 Å². The summed E-state index contributed by atoms with van der Waals surface area (Å²) < 4.78 is 12.3. The molecule has 6 rings (SSSR count). The zero-order valence-corrected chi connectivity index (χ0v) is 16.5. The van der Waals surface area contributed by atoms with Gasteiger partial charge in [-0.3, -0.25) is 4.90 Å². The summed E-state index contributed by atoms with van der Waals surface area (Å²) in [5.41, 5.74) is 4.38. The van der Waals surface area contributed by atoms with Gasteiger partial charge in [-0.1, -0.05) is 48.5 Å². The first kappa shape index (κ1) is 16.9. The minimum absolute atomic E-state index is 0.286. The van der Waals surface area contributed by atoms with Crippen molar-refractivity contribution < 1.29 is 9.47 Å². The largest absolute Gasteiger partial charge is 0.497 e. The maximum Gasteiger partial charge on any atom is 0.166 e. The summed E-state index contributed by atoms with van der Waals surface area (Å²) in [6.07, 6.45) is 0.945. The van der Waals surface area contributed by atoms with Gasteiger partial charge in [-0.15, -0.1) is 0 Å². The topological polar surface area (TPSA) is 33.7 Å². The molecule has 2 atom stereocenters. The van der Waals surface area contributed by atoms with E-state index in [1.54, 1.807) is 7.11 Å². The first-order valence-electron chi connectivity index (χ1n) is 10.3. The zero-order valence-electron chi connectivity index (χ0n) is 16.5. The molecule has 0 saturated carbocycles. The Hall–Kier alpha value is -2.98. The molecule has 0 radical (unpaired) electrons. The third-order valence-corrected chi connectivity index (χ3v) is 6.82. The van der Waals surface area contributed by atoms with E-state index in [0.717, 1.165) is 37.6 Å². The van der Waals surface area contributed by atoms with Gasteiger partial charge in [0.2, 0.25) is 0 Å². The molecule has 146 valence electrons. The van der Waals surface area contributed by atoms with E-state index in [4.69, 9.17) is 9.47 Å². The Balaban J connectivity index is 1.46. The number of methoxy groups -OCH3 is 1. The molecule has 29 heavy (non-hydrogen) atoms. The molecule has 0 aromatic heterocycles. The average Bonchev–Trinajstić information content (AvgIpc) is 3.20. The lowest BCUT2D eigenvalue weighted by Crippen LogP contribution is -2.60. The maximum absolute atomic E-state index is 6.81. The van der Waals surface area contributed by atoms with Crippen LogP contribution in [0.3, 0.4) is 0 Å². The van der Waals surface area contributed by atoms with Crippen molar-refractivity contribution in [3.63, 3.8) is 0 Å². The van der Waals surface area contributed by atoms with Crippen molar-refractivity contribution in [1.29, 1.82) is 0 Å². The Bertz CT molecular complexity index is 1080. The Morgan fingerprint density at radius 1 is 1.00 bits per heavy atom. The second-order valence-corrected chi connectivity index (χ2v) is 8.31. The first-order valence-corrected chi connectivity index (χ1v) is 10.3. The van der Waals surface area contributed by atoms with Crippen LogP contribution in [-0.4, -0.2) is 25.1 Å². The van der Waals surface area contributed by atoms with Gasteiger partial charge in [0.05, 0.1) is 7.11 Å². The monoisotopic (exact) mass is 384 g/mol. The highest BCUT2D eigenvalue weighted by Gasteiger charge is 2.67. The van der Waals surface area contributed by atoms with Gasteiger partial charge < -0.3 is 14.8 Å². The van der Waals surface area contributed by atoms with Crippen LogP contribution in [0, 0.1) is 0 Å². The molecule has 3 aromatic rings. The second kappa shape index (κ2) is 6.01. The number of fused-ring (bicyclic) bond motifs is 2. The van der Waals surface area contributed by atoms with Crippen molar-refractivity contribution in [2.45, 2.75) is 24.1 Å². The second-order valence-electron chi connectivity index (χ2n) is 8.31. The standard InChI is InChI=1S/C25H24N2O2/c1-28-19-11-12-21-23(15-19)29-25-13-14-27(16-18-7-3-2-4-8-18)17-24(21,25)26-22-10-6-5-9-20(22)25/h2-12,15,26H,13-14,16-17H2,1H3/t24-,25-/m0/s1. The van der Waals surface area contributed by atoms with E-state index in [-0.39, 0.29) is 11.1 Å². The molecule has 0 bridgehead atoms. The van der Waals surface area contributed by atoms with Gasteiger partial charge in [-0.05, 0) is 23.8 Å². The molecule has 1 saturated heterocycles. The number of likely N-dealkylation sites (tertiary alicyclic amines) is 1. The van der Waals surface area contributed by atoms with Crippen LogP contribution in [-0.2, 0) is 17.7 Å². The molecule has 3 heterocycles. The summed E-state index contributed by atoms with van der Waals surface area (Å²) in [7, 11) is 1.70. The number of rotatable bonds is 3. The quantitative estimate of drug-likeness (QED) is 0.720. The van der Waals surface area contributed by atoms with Crippen LogP contribution < -0.4 is 14.8 Å². The van der Waals surface area contributed by atoms with Crippen molar-refractivity contribution in [3.8, 4) is 11.5 Å². The fourth-order valence-corrected chi connectivity index (χ4v) is 5.54. The number of hydrogen-bond acceptors (Lipinski definition) is 4. The Labute approximate surface area is 171 Å². The third-order valence-electron chi connectivity index (χ3n) is 6.82. The minimum Gasteiger partial charge on any atom is -0.497 e. The predicted octanol–water partition coefficient (Wildman–Crippen LogP) is 4.51. The molecule has 1 fully saturated rings. The van der Waals surface area contributed by atoms with E-state index in [2.05, 4.69) is 70.9 Å². The summed E-state index contributed by atoms with van der Waals surface area (Å²) in [6, 6.07) is 25.6. The Morgan fingerprint density at radius 3 is 2.69 bits per heavy atom. The van der Waals surface area contributed by atoms with Crippen molar-refractivity contribution >= 4 is 5.69 Å². The number of para-hydroxylation sites is 1. The van der Waals surface area contributed by atoms with Crippen molar-refractivity contribution in [2.24, 2.45) is 0 Å². The summed E-state index contributed by atoms with van der Waals surface area (Å²) in [6.45, 7) is 2.84.